The first-order chi connectivity index (χ1) is 15.6. The van der Waals surface area contributed by atoms with Crippen LogP contribution >= 0.6 is 12.2 Å². The summed E-state index contributed by atoms with van der Waals surface area (Å²) in [5, 5.41) is 4.75. The summed E-state index contributed by atoms with van der Waals surface area (Å²) in [4.78, 5) is 17.7. The molecule has 6 nitrogen and oxygen atoms in total. The first-order valence-electron chi connectivity index (χ1n) is 10.4. The summed E-state index contributed by atoms with van der Waals surface area (Å²) in [6.07, 6.45) is 2.56. The highest BCUT2D eigenvalue weighted by molar-refractivity contribution is 7.80. The number of methoxy groups -OCH3 is 1. The van der Waals surface area contributed by atoms with Gasteiger partial charge in [-0.25, -0.2) is 0 Å². The normalized spacial score (nSPS) is 10.8. The number of benzene rings is 2. The molecule has 0 amide bonds. The van der Waals surface area contributed by atoms with Gasteiger partial charge in [0.2, 0.25) is 0 Å². The van der Waals surface area contributed by atoms with Gasteiger partial charge >= 0.3 is 0 Å². The van der Waals surface area contributed by atoms with Crippen molar-refractivity contribution in [2.75, 3.05) is 12.4 Å². The van der Waals surface area contributed by atoms with E-state index in [0.717, 1.165) is 34.5 Å². The van der Waals surface area contributed by atoms with Gasteiger partial charge in [-0.3, -0.25) is 4.79 Å². The standard InChI is InChI=1S/C25H25N3O3S/c1-3-17-6-11-23-18(13-17)14-19(24(29)27-23)15-28(16-22-5-4-12-31-22)25(32)26-20-7-9-21(30-2)10-8-20/h4-14H,3,15-16H2,1-2H3,(H,26,32)(H,27,29). The van der Waals surface area contributed by atoms with Crippen LogP contribution in [0.25, 0.3) is 10.9 Å². The van der Waals surface area contributed by atoms with Crippen LogP contribution in [0.2, 0.25) is 0 Å². The number of fused-ring (bicyclic) bond motifs is 1. The second-order valence-electron chi connectivity index (χ2n) is 7.49. The number of thiocarbonyl (C=S) groups is 1. The smallest absolute Gasteiger partial charge is 0.253 e. The van der Waals surface area contributed by atoms with Crippen molar-refractivity contribution < 1.29 is 9.15 Å². The third-order valence-corrected chi connectivity index (χ3v) is 5.67. The summed E-state index contributed by atoms with van der Waals surface area (Å²) < 4.78 is 10.7. The van der Waals surface area contributed by atoms with E-state index in [1.807, 2.05) is 59.5 Å². The maximum atomic E-state index is 12.8. The van der Waals surface area contributed by atoms with Gasteiger partial charge in [-0.05, 0) is 84.2 Å². The second-order valence-corrected chi connectivity index (χ2v) is 7.88. The van der Waals surface area contributed by atoms with E-state index in [1.165, 1.54) is 5.56 Å². The lowest BCUT2D eigenvalue weighted by atomic mass is 10.1. The summed E-state index contributed by atoms with van der Waals surface area (Å²) in [6.45, 7) is 2.88. The van der Waals surface area contributed by atoms with Crippen LogP contribution in [0.4, 0.5) is 5.69 Å². The van der Waals surface area contributed by atoms with Crippen LogP contribution in [0.15, 0.2) is 76.1 Å². The zero-order valence-electron chi connectivity index (χ0n) is 18.1. The maximum absolute atomic E-state index is 12.8. The number of aryl methyl sites for hydroxylation is 1. The first-order valence-corrected chi connectivity index (χ1v) is 10.8. The zero-order valence-corrected chi connectivity index (χ0v) is 18.9. The Bertz CT molecular complexity index is 1260. The zero-order chi connectivity index (χ0) is 22.5. The second kappa shape index (κ2) is 9.70. The van der Waals surface area contributed by atoms with Crippen molar-refractivity contribution in [3.8, 4) is 5.75 Å². The molecule has 0 aliphatic rings. The summed E-state index contributed by atoms with van der Waals surface area (Å²) in [7, 11) is 1.63. The van der Waals surface area contributed by atoms with Crippen LogP contribution in [-0.4, -0.2) is 22.1 Å². The third kappa shape index (κ3) is 5.00. The Morgan fingerprint density at radius 1 is 1.12 bits per heavy atom. The van der Waals surface area contributed by atoms with E-state index in [1.54, 1.807) is 13.4 Å². The highest BCUT2D eigenvalue weighted by Crippen LogP contribution is 2.19. The number of nitrogens with one attached hydrogen (secondary N) is 2. The van der Waals surface area contributed by atoms with Gasteiger partial charge in [-0.2, -0.15) is 0 Å². The van der Waals surface area contributed by atoms with Gasteiger partial charge in [0, 0.05) is 16.8 Å². The molecule has 2 aromatic heterocycles. The minimum atomic E-state index is -0.126. The van der Waals surface area contributed by atoms with E-state index in [9.17, 15) is 4.79 Å². The van der Waals surface area contributed by atoms with Gasteiger partial charge in [0.1, 0.15) is 11.5 Å². The molecule has 32 heavy (non-hydrogen) atoms. The number of rotatable bonds is 7. The number of furan rings is 1. The molecule has 7 heteroatoms. The number of H-pyrrole nitrogens is 1. The largest absolute Gasteiger partial charge is 0.497 e. The molecule has 2 heterocycles. The quantitative estimate of drug-likeness (QED) is 0.385. The van der Waals surface area contributed by atoms with Crippen molar-refractivity contribution in [1.29, 1.82) is 0 Å². The number of anilines is 1. The molecule has 0 aliphatic carbocycles. The van der Waals surface area contributed by atoms with Crippen LogP contribution in [0.3, 0.4) is 0 Å². The molecule has 4 rings (SSSR count). The van der Waals surface area contributed by atoms with Gasteiger partial charge < -0.3 is 24.4 Å². The molecular weight excluding hydrogens is 422 g/mol. The summed E-state index contributed by atoms with van der Waals surface area (Å²) >= 11 is 5.70. The van der Waals surface area contributed by atoms with Crippen LogP contribution in [0.1, 0.15) is 23.8 Å². The van der Waals surface area contributed by atoms with Crippen LogP contribution in [0.5, 0.6) is 5.75 Å². The fraction of sp³-hybridized carbons (Fsp3) is 0.200. The average Bonchev–Trinajstić information content (AvgIpc) is 3.32. The van der Waals surface area contributed by atoms with Crippen molar-refractivity contribution in [2.24, 2.45) is 0 Å². The maximum Gasteiger partial charge on any atom is 0.253 e. The number of pyridine rings is 1. The molecule has 0 bridgehead atoms. The fourth-order valence-electron chi connectivity index (χ4n) is 3.51. The highest BCUT2D eigenvalue weighted by atomic mass is 32.1. The number of hydrogen-bond acceptors (Lipinski definition) is 4. The Morgan fingerprint density at radius 3 is 2.62 bits per heavy atom. The summed E-state index contributed by atoms with van der Waals surface area (Å²) in [5.74, 6) is 1.53. The molecule has 0 aliphatic heterocycles. The number of nitrogens with zero attached hydrogens (tertiary/aromatic N) is 1. The van der Waals surface area contributed by atoms with Gasteiger partial charge in [-0.1, -0.05) is 13.0 Å². The molecule has 0 fully saturated rings. The number of aromatic nitrogens is 1. The number of hydrogen-bond donors (Lipinski definition) is 2. The van der Waals surface area contributed by atoms with Gasteiger partial charge in [0.25, 0.3) is 5.56 Å². The minimum absolute atomic E-state index is 0.126. The van der Waals surface area contributed by atoms with Crippen LogP contribution < -0.4 is 15.6 Å². The topological polar surface area (TPSA) is 70.5 Å². The molecule has 0 radical (unpaired) electrons. The number of ether oxygens (including phenoxy) is 1. The fourth-order valence-corrected chi connectivity index (χ4v) is 3.76. The summed E-state index contributed by atoms with van der Waals surface area (Å²) in [6, 6.07) is 19.3. The Hall–Kier alpha value is -3.58. The van der Waals surface area contributed by atoms with E-state index in [2.05, 4.69) is 23.3 Å². The molecule has 0 unspecified atom stereocenters. The molecule has 0 saturated heterocycles. The minimum Gasteiger partial charge on any atom is -0.497 e. The van der Waals surface area contributed by atoms with Crippen LogP contribution in [0, 0.1) is 0 Å². The molecule has 0 spiro atoms. The molecule has 164 valence electrons. The SMILES string of the molecule is CCc1ccc2[nH]c(=O)c(CN(Cc3ccco3)C(=S)Nc3ccc(OC)cc3)cc2c1. The van der Waals surface area contributed by atoms with Gasteiger partial charge in [-0.15, -0.1) is 0 Å². The monoisotopic (exact) mass is 447 g/mol. The lowest BCUT2D eigenvalue weighted by Crippen LogP contribution is -2.35. The predicted octanol–water partition coefficient (Wildman–Crippen LogP) is 5.09. The molecule has 4 aromatic rings. The lowest BCUT2D eigenvalue weighted by Gasteiger charge is -2.25. The molecule has 2 aromatic carbocycles. The third-order valence-electron chi connectivity index (χ3n) is 5.31. The van der Waals surface area contributed by atoms with Crippen molar-refractivity contribution in [1.82, 2.24) is 9.88 Å². The van der Waals surface area contributed by atoms with Crippen molar-refractivity contribution in [3.63, 3.8) is 0 Å². The molecule has 0 saturated carbocycles. The first kappa shape index (κ1) is 21.6. The molecule has 0 atom stereocenters. The Morgan fingerprint density at radius 2 is 1.94 bits per heavy atom. The van der Waals surface area contributed by atoms with E-state index in [0.29, 0.717) is 23.8 Å². The van der Waals surface area contributed by atoms with E-state index >= 15 is 0 Å². The van der Waals surface area contributed by atoms with E-state index in [4.69, 9.17) is 21.4 Å². The lowest BCUT2D eigenvalue weighted by molar-refractivity contribution is 0.359. The average molecular weight is 448 g/mol. The predicted molar refractivity (Wildman–Crippen MR) is 131 cm³/mol. The molecular formula is C25H25N3O3S. The Balaban J connectivity index is 1.61. The summed E-state index contributed by atoms with van der Waals surface area (Å²) in [5.41, 5.74) is 3.39. The van der Waals surface area contributed by atoms with Gasteiger partial charge in [0.15, 0.2) is 5.11 Å². The highest BCUT2D eigenvalue weighted by Gasteiger charge is 2.16. The Labute approximate surface area is 191 Å². The molecule has 2 N–H and O–H groups in total. The van der Waals surface area contributed by atoms with Crippen molar-refractivity contribution in [2.45, 2.75) is 26.4 Å². The van der Waals surface area contributed by atoms with Crippen molar-refractivity contribution >= 4 is 33.9 Å². The van der Waals surface area contributed by atoms with E-state index in [-0.39, 0.29) is 5.56 Å². The number of aromatic amines is 1. The Kier molecular flexibility index (Phi) is 6.56. The van der Waals surface area contributed by atoms with Crippen molar-refractivity contribution in [3.05, 3.63) is 94.2 Å². The van der Waals surface area contributed by atoms with Gasteiger partial charge in [0.05, 0.1) is 26.5 Å². The van der Waals surface area contributed by atoms with Crippen LogP contribution in [-0.2, 0) is 19.5 Å². The van der Waals surface area contributed by atoms with E-state index < -0.39 is 0 Å².